The Morgan fingerprint density at radius 3 is 1.57 bits per heavy atom. The molecule has 0 atom stereocenters. The van der Waals surface area contributed by atoms with Gasteiger partial charge >= 0.3 is 0 Å². The van der Waals surface area contributed by atoms with Crippen LogP contribution in [0.3, 0.4) is 0 Å². The molecular formula is C26H50N2. The van der Waals surface area contributed by atoms with Gasteiger partial charge < -0.3 is 4.98 Å². The molecule has 1 N–H and O–H groups in total. The number of H-pyrrole nitrogens is 1. The third-order valence-corrected chi connectivity index (χ3v) is 6.63. The highest BCUT2D eigenvalue weighted by Gasteiger charge is 2.36. The summed E-state index contributed by atoms with van der Waals surface area (Å²) in [6, 6.07) is 0. The molecule has 0 amide bonds. The van der Waals surface area contributed by atoms with E-state index in [0.717, 1.165) is 0 Å². The summed E-state index contributed by atoms with van der Waals surface area (Å²) in [6.45, 7) is 21.3. The van der Waals surface area contributed by atoms with Crippen LogP contribution in [0.25, 0.3) is 0 Å². The minimum Gasteiger partial charge on any atom is -0.345 e. The quantitative estimate of drug-likeness (QED) is 0.316. The maximum absolute atomic E-state index is 5.33. The monoisotopic (exact) mass is 390 g/mol. The van der Waals surface area contributed by atoms with E-state index in [2.05, 4.69) is 67.3 Å². The van der Waals surface area contributed by atoms with Crippen molar-refractivity contribution in [2.45, 2.75) is 149 Å². The molecule has 1 heterocycles. The van der Waals surface area contributed by atoms with Gasteiger partial charge in [-0.2, -0.15) is 0 Å². The summed E-state index contributed by atoms with van der Waals surface area (Å²) in [5.41, 5.74) is 3.13. The maximum Gasteiger partial charge on any atom is 0.112 e. The third-order valence-electron chi connectivity index (χ3n) is 6.63. The molecule has 164 valence electrons. The summed E-state index contributed by atoms with van der Waals surface area (Å²) in [4.78, 5) is 9.21. The molecule has 2 nitrogen and oxygen atoms in total. The molecule has 0 unspecified atom stereocenters. The molecule has 1 aromatic heterocycles. The van der Waals surface area contributed by atoms with E-state index in [1.54, 1.807) is 0 Å². The van der Waals surface area contributed by atoms with Gasteiger partial charge in [0, 0.05) is 21.9 Å². The van der Waals surface area contributed by atoms with Gasteiger partial charge in [0.2, 0.25) is 0 Å². The largest absolute Gasteiger partial charge is 0.345 e. The molecule has 0 saturated heterocycles. The van der Waals surface area contributed by atoms with Crippen LogP contribution in [-0.4, -0.2) is 9.97 Å². The van der Waals surface area contributed by atoms with E-state index < -0.39 is 0 Å². The second kappa shape index (κ2) is 10.8. The molecule has 0 radical (unpaired) electrons. The lowest BCUT2D eigenvalue weighted by Gasteiger charge is -2.30. The first kappa shape index (κ1) is 25.2. The zero-order valence-electron chi connectivity index (χ0n) is 20.7. The van der Waals surface area contributed by atoms with Crippen LogP contribution in [0.1, 0.15) is 150 Å². The Kier molecular flexibility index (Phi) is 9.77. The number of aromatic nitrogens is 2. The molecule has 0 saturated carbocycles. The molecule has 1 rings (SSSR count). The Bertz CT molecular complexity index is 563. The van der Waals surface area contributed by atoms with E-state index in [-0.39, 0.29) is 16.2 Å². The van der Waals surface area contributed by atoms with Crippen LogP contribution in [0.5, 0.6) is 0 Å². The van der Waals surface area contributed by atoms with E-state index in [0.29, 0.717) is 0 Å². The number of nitrogens with one attached hydrogen (secondary N) is 1. The maximum atomic E-state index is 5.33. The molecular weight excluding hydrogens is 340 g/mol. The van der Waals surface area contributed by atoms with Crippen molar-refractivity contribution in [1.29, 1.82) is 0 Å². The highest BCUT2D eigenvalue weighted by molar-refractivity contribution is 5.31. The summed E-state index contributed by atoms with van der Waals surface area (Å²) in [6.07, 6.45) is 13.9. The predicted octanol–water partition coefficient (Wildman–Crippen LogP) is 8.59. The van der Waals surface area contributed by atoms with Gasteiger partial charge in [0.05, 0.1) is 5.69 Å². The number of aromatic amines is 1. The Morgan fingerprint density at radius 2 is 1.07 bits per heavy atom. The highest BCUT2D eigenvalue weighted by Crippen LogP contribution is 2.40. The fraction of sp³-hybridized carbons (Fsp3) is 0.885. The minimum absolute atomic E-state index is 0.114. The van der Waals surface area contributed by atoms with Gasteiger partial charge in [0.25, 0.3) is 0 Å². The molecule has 28 heavy (non-hydrogen) atoms. The number of rotatable bonds is 14. The first-order valence-electron chi connectivity index (χ1n) is 12.1. The van der Waals surface area contributed by atoms with Crippen molar-refractivity contribution in [3.8, 4) is 0 Å². The van der Waals surface area contributed by atoms with Crippen molar-refractivity contribution in [2.24, 2.45) is 0 Å². The smallest absolute Gasteiger partial charge is 0.112 e. The molecule has 1 aromatic rings. The van der Waals surface area contributed by atoms with Crippen molar-refractivity contribution in [3.05, 3.63) is 17.2 Å². The normalized spacial score (nSPS) is 13.3. The van der Waals surface area contributed by atoms with Crippen LogP contribution in [0.2, 0.25) is 0 Å². The lowest BCUT2D eigenvalue weighted by molar-refractivity contribution is 0.401. The lowest BCUT2D eigenvalue weighted by atomic mass is 9.75. The van der Waals surface area contributed by atoms with Gasteiger partial charge in [-0.05, 0) is 19.3 Å². The molecule has 0 aliphatic carbocycles. The van der Waals surface area contributed by atoms with E-state index in [9.17, 15) is 0 Å². The zero-order valence-corrected chi connectivity index (χ0v) is 20.7. The average Bonchev–Trinajstić information content (AvgIpc) is 3.08. The van der Waals surface area contributed by atoms with Crippen LogP contribution in [0, 0.1) is 0 Å². The lowest BCUT2D eigenvalue weighted by Crippen LogP contribution is -2.26. The summed E-state index contributed by atoms with van der Waals surface area (Å²) < 4.78 is 0. The number of imidazole rings is 1. The van der Waals surface area contributed by atoms with Crippen LogP contribution in [0.4, 0.5) is 0 Å². The molecule has 0 fully saturated rings. The summed E-state index contributed by atoms with van der Waals surface area (Å²) in [5, 5.41) is 0. The first-order valence-corrected chi connectivity index (χ1v) is 12.1. The van der Waals surface area contributed by atoms with Gasteiger partial charge in [0.1, 0.15) is 5.82 Å². The fourth-order valence-corrected chi connectivity index (χ4v) is 4.29. The molecule has 0 aliphatic heterocycles. The predicted molar refractivity (Wildman–Crippen MR) is 125 cm³/mol. The van der Waals surface area contributed by atoms with Gasteiger partial charge in [-0.3, -0.25) is 0 Å². The summed E-state index contributed by atoms with van der Waals surface area (Å²) in [5.74, 6) is 1.21. The van der Waals surface area contributed by atoms with Crippen molar-refractivity contribution < 1.29 is 0 Å². The fourth-order valence-electron chi connectivity index (χ4n) is 4.29. The Hall–Kier alpha value is -0.790. The van der Waals surface area contributed by atoms with Crippen molar-refractivity contribution in [3.63, 3.8) is 0 Å². The first-order chi connectivity index (χ1) is 13.0. The van der Waals surface area contributed by atoms with Gasteiger partial charge in [-0.1, -0.05) is 114 Å². The van der Waals surface area contributed by atoms with E-state index in [4.69, 9.17) is 4.98 Å². The molecule has 2 heteroatoms. The topological polar surface area (TPSA) is 28.7 Å². The number of unbranched alkanes of at least 4 members (excludes halogenated alkanes) is 5. The standard InChI is InChI=1S/C26H50N2/c1-10-13-16-19-25(6,7)22-21(24(4,5)18-15-12-3)27-23(28-22)26(8,9)20-17-14-11-2/h10-20H2,1-9H3,(H,27,28). The molecule has 0 aliphatic rings. The third kappa shape index (κ3) is 6.92. The number of hydrogen-bond acceptors (Lipinski definition) is 1. The van der Waals surface area contributed by atoms with E-state index in [1.807, 2.05) is 0 Å². The van der Waals surface area contributed by atoms with Crippen LogP contribution >= 0.6 is 0 Å². The molecule has 0 spiro atoms. The second-order valence-electron chi connectivity index (χ2n) is 11.0. The average molecular weight is 391 g/mol. The van der Waals surface area contributed by atoms with Gasteiger partial charge in [0.15, 0.2) is 0 Å². The van der Waals surface area contributed by atoms with Crippen molar-refractivity contribution in [2.75, 3.05) is 0 Å². The minimum atomic E-state index is 0.114. The summed E-state index contributed by atoms with van der Waals surface area (Å²) >= 11 is 0. The number of nitrogens with zero attached hydrogens (tertiary/aromatic N) is 1. The molecule has 0 bridgehead atoms. The van der Waals surface area contributed by atoms with E-state index >= 15 is 0 Å². The summed E-state index contributed by atoms with van der Waals surface area (Å²) in [7, 11) is 0. The van der Waals surface area contributed by atoms with Crippen molar-refractivity contribution in [1.82, 2.24) is 9.97 Å². The van der Waals surface area contributed by atoms with Crippen LogP contribution in [0.15, 0.2) is 0 Å². The molecule has 0 aromatic carbocycles. The zero-order chi connectivity index (χ0) is 21.4. The highest BCUT2D eigenvalue weighted by atomic mass is 15.0. The second-order valence-corrected chi connectivity index (χ2v) is 11.0. The SMILES string of the molecule is CCCCCC(C)(C)c1nc(C(C)(C)CCCCC)c(C(C)(C)CCCC)[nH]1. The van der Waals surface area contributed by atoms with Crippen LogP contribution < -0.4 is 0 Å². The number of hydrogen-bond donors (Lipinski definition) is 1. The Labute approximate surface area is 176 Å². The Balaban J connectivity index is 3.28. The van der Waals surface area contributed by atoms with Crippen molar-refractivity contribution >= 4 is 0 Å². The van der Waals surface area contributed by atoms with E-state index in [1.165, 1.54) is 87.8 Å². The van der Waals surface area contributed by atoms with Crippen LogP contribution in [-0.2, 0) is 16.2 Å². The van der Waals surface area contributed by atoms with Gasteiger partial charge in [-0.25, -0.2) is 4.98 Å². The Morgan fingerprint density at radius 1 is 0.607 bits per heavy atom. The van der Waals surface area contributed by atoms with Gasteiger partial charge in [-0.15, -0.1) is 0 Å².